The van der Waals surface area contributed by atoms with Crippen LogP contribution in [0.1, 0.15) is 0 Å². The molecular formula is C11H9F2N3O2S. The van der Waals surface area contributed by atoms with Crippen LogP contribution < -0.4 is 10.5 Å². The predicted octanol–water partition coefficient (Wildman–Crippen LogP) is 1.74. The number of benzene rings is 1. The summed E-state index contributed by atoms with van der Waals surface area (Å²) in [4.78, 5) is 3.36. The number of nitrogens with two attached hydrogens (primary N) is 1. The maximum absolute atomic E-state index is 13.4. The van der Waals surface area contributed by atoms with Crippen LogP contribution in [-0.4, -0.2) is 13.4 Å². The third-order valence-electron chi connectivity index (χ3n) is 2.28. The molecule has 0 aliphatic rings. The highest BCUT2D eigenvalue weighted by Crippen LogP contribution is 2.22. The Balaban J connectivity index is 2.40. The Kier molecular flexibility index (Phi) is 3.34. The number of halogens is 2. The molecule has 5 nitrogen and oxygen atoms in total. The molecule has 0 radical (unpaired) electrons. The van der Waals surface area contributed by atoms with Gasteiger partial charge in [0.05, 0.1) is 11.4 Å². The molecule has 2 aromatic rings. The number of anilines is 2. The second-order valence-electron chi connectivity index (χ2n) is 3.64. The van der Waals surface area contributed by atoms with E-state index in [0.29, 0.717) is 6.07 Å². The van der Waals surface area contributed by atoms with Crippen molar-refractivity contribution in [1.82, 2.24) is 4.98 Å². The molecule has 1 aromatic heterocycles. The number of aromatic nitrogens is 1. The van der Waals surface area contributed by atoms with Gasteiger partial charge in [0.25, 0.3) is 10.0 Å². The van der Waals surface area contributed by atoms with Crippen molar-refractivity contribution in [2.45, 2.75) is 4.90 Å². The van der Waals surface area contributed by atoms with E-state index in [-0.39, 0.29) is 16.3 Å². The first-order valence-corrected chi connectivity index (χ1v) is 6.56. The number of rotatable bonds is 3. The molecule has 2 rings (SSSR count). The summed E-state index contributed by atoms with van der Waals surface area (Å²) >= 11 is 0. The van der Waals surface area contributed by atoms with Crippen LogP contribution in [-0.2, 0) is 10.0 Å². The standard InChI is InChI=1S/C11H9F2N3O2S/c12-7-1-2-10(8(13)5-7)16-19(17,18)11-6-15-4-3-9(11)14/h1-6,16H,(H2,14,15). The Morgan fingerprint density at radius 1 is 1.21 bits per heavy atom. The fourth-order valence-electron chi connectivity index (χ4n) is 1.39. The quantitative estimate of drug-likeness (QED) is 0.899. The van der Waals surface area contributed by atoms with Gasteiger partial charge in [-0.3, -0.25) is 9.71 Å². The summed E-state index contributed by atoms with van der Waals surface area (Å²) in [6, 6.07) is 3.79. The largest absolute Gasteiger partial charge is 0.398 e. The molecule has 0 aliphatic heterocycles. The highest BCUT2D eigenvalue weighted by atomic mass is 32.2. The molecule has 1 aromatic carbocycles. The first kappa shape index (κ1) is 13.2. The summed E-state index contributed by atoms with van der Waals surface area (Å²) in [5.74, 6) is -1.83. The van der Waals surface area contributed by atoms with Crippen LogP contribution in [0.4, 0.5) is 20.2 Å². The molecule has 0 fully saturated rings. The number of sulfonamides is 1. The number of hydrogen-bond acceptors (Lipinski definition) is 4. The zero-order chi connectivity index (χ0) is 14.0. The van der Waals surface area contributed by atoms with Gasteiger partial charge in [-0.2, -0.15) is 0 Å². The molecule has 0 atom stereocenters. The Hall–Kier alpha value is -2.22. The van der Waals surface area contributed by atoms with Crippen molar-refractivity contribution in [2.24, 2.45) is 0 Å². The molecule has 100 valence electrons. The molecule has 8 heteroatoms. The lowest BCUT2D eigenvalue weighted by atomic mass is 10.3. The molecule has 1 heterocycles. The van der Waals surface area contributed by atoms with Crippen LogP contribution >= 0.6 is 0 Å². The highest BCUT2D eigenvalue weighted by molar-refractivity contribution is 7.92. The van der Waals surface area contributed by atoms with Crippen molar-refractivity contribution in [3.8, 4) is 0 Å². The van der Waals surface area contributed by atoms with E-state index in [1.807, 2.05) is 4.72 Å². The lowest BCUT2D eigenvalue weighted by Gasteiger charge is -2.10. The topological polar surface area (TPSA) is 85.1 Å². The van der Waals surface area contributed by atoms with Crippen molar-refractivity contribution in [3.05, 3.63) is 48.3 Å². The zero-order valence-corrected chi connectivity index (χ0v) is 10.3. The van der Waals surface area contributed by atoms with E-state index >= 15 is 0 Å². The summed E-state index contributed by atoms with van der Waals surface area (Å²) in [5.41, 5.74) is 5.12. The van der Waals surface area contributed by atoms with E-state index in [1.54, 1.807) is 0 Å². The molecule has 0 bridgehead atoms. The lowest BCUT2D eigenvalue weighted by Crippen LogP contribution is -2.16. The van der Waals surface area contributed by atoms with E-state index in [1.165, 1.54) is 12.3 Å². The molecule has 0 saturated heterocycles. The van der Waals surface area contributed by atoms with Crippen molar-refractivity contribution in [1.29, 1.82) is 0 Å². The van der Waals surface area contributed by atoms with Crippen molar-refractivity contribution in [3.63, 3.8) is 0 Å². The molecule has 0 aliphatic carbocycles. The Bertz CT molecular complexity index is 720. The number of nitrogens with one attached hydrogen (secondary N) is 1. The molecule has 19 heavy (non-hydrogen) atoms. The van der Waals surface area contributed by atoms with Crippen LogP contribution in [0, 0.1) is 11.6 Å². The number of nitrogen functional groups attached to an aromatic ring is 1. The second kappa shape index (κ2) is 4.81. The lowest BCUT2D eigenvalue weighted by molar-refractivity contribution is 0.583. The molecule has 0 spiro atoms. The SMILES string of the molecule is Nc1ccncc1S(=O)(=O)Nc1ccc(F)cc1F. The first-order chi connectivity index (χ1) is 8.90. The minimum absolute atomic E-state index is 0.0231. The minimum Gasteiger partial charge on any atom is -0.398 e. The average Bonchev–Trinajstić information content (AvgIpc) is 2.33. The zero-order valence-electron chi connectivity index (χ0n) is 9.47. The van der Waals surface area contributed by atoms with E-state index in [9.17, 15) is 17.2 Å². The molecule has 0 amide bonds. The van der Waals surface area contributed by atoms with Gasteiger partial charge in [-0.15, -0.1) is 0 Å². The molecule has 3 N–H and O–H groups in total. The second-order valence-corrected chi connectivity index (χ2v) is 5.29. The predicted molar refractivity (Wildman–Crippen MR) is 65.8 cm³/mol. The van der Waals surface area contributed by atoms with E-state index < -0.39 is 21.7 Å². The van der Waals surface area contributed by atoms with Gasteiger partial charge in [0.2, 0.25) is 0 Å². The highest BCUT2D eigenvalue weighted by Gasteiger charge is 2.19. The normalized spacial score (nSPS) is 11.3. The van der Waals surface area contributed by atoms with Gasteiger partial charge >= 0.3 is 0 Å². The van der Waals surface area contributed by atoms with Gasteiger partial charge in [-0.05, 0) is 18.2 Å². The molecule has 0 unspecified atom stereocenters. The maximum atomic E-state index is 13.4. The van der Waals surface area contributed by atoms with Gasteiger partial charge in [0.1, 0.15) is 16.5 Å². The van der Waals surface area contributed by atoms with Crippen LogP contribution in [0.5, 0.6) is 0 Å². The van der Waals surface area contributed by atoms with Gasteiger partial charge in [-0.1, -0.05) is 0 Å². The number of pyridine rings is 1. The Labute approximate surface area is 108 Å². The smallest absolute Gasteiger partial charge is 0.265 e. The minimum atomic E-state index is -4.08. The summed E-state index contributed by atoms with van der Waals surface area (Å²) in [7, 11) is -4.08. The summed E-state index contributed by atoms with van der Waals surface area (Å²) < 4.78 is 52.0. The third-order valence-corrected chi connectivity index (χ3v) is 3.69. The van der Waals surface area contributed by atoms with Crippen LogP contribution in [0.15, 0.2) is 41.6 Å². The van der Waals surface area contributed by atoms with E-state index in [2.05, 4.69) is 4.98 Å². The van der Waals surface area contributed by atoms with Crippen molar-refractivity contribution >= 4 is 21.4 Å². The van der Waals surface area contributed by atoms with Crippen LogP contribution in [0.3, 0.4) is 0 Å². The van der Waals surface area contributed by atoms with Gasteiger partial charge in [-0.25, -0.2) is 17.2 Å². The monoisotopic (exact) mass is 285 g/mol. The summed E-state index contributed by atoms with van der Waals surface area (Å²) in [5, 5.41) is 0. The van der Waals surface area contributed by atoms with Gasteiger partial charge in [0.15, 0.2) is 0 Å². The van der Waals surface area contributed by atoms with Crippen LogP contribution in [0.25, 0.3) is 0 Å². The van der Waals surface area contributed by atoms with Crippen molar-refractivity contribution < 1.29 is 17.2 Å². The van der Waals surface area contributed by atoms with Gasteiger partial charge in [0, 0.05) is 18.5 Å². The summed E-state index contributed by atoms with van der Waals surface area (Å²) in [6.07, 6.45) is 2.37. The van der Waals surface area contributed by atoms with E-state index in [0.717, 1.165) is 18.3 Å². The average molecular weight is 285 g/mol. The van der Waals surface area contributed by atoms with Gasteiger partial charge < -0.3 is 5.73 Å². The third kappa shape index (κ3) is 2.79. The first-order valence-electron chi connectivity index (χ1n) is 5.07. The fourth-order valence-corrected chi connectivity index (χ4v) is 2.53. The molecule has 0 saturated carbocycles. The Morgan fingerprint density at radius 2 is 1.95 bits per heavy atom. The maximum Gasteiger partial charge on any atom is 0.265 e. The van der Waals surface area contributed by atoms with Crippen molar-refractivity contribution in [2.75, 3.05) is 10.5 Å². The van der Waals surface area contributed by atoms with E-state index in [4.69, 9.17) is 5.73 Å². The van der Waals surface area contributed by atoms with Crippen LogP contribution in [0.2, 0.25) is 0 Å². The fraction of sp³-hybridized carbons (Fsp3) is 0. The molecular weight excluding hydrogens is 276 g/mol. The number of nitrogens with zero attached hydrogens (tertiary/aromatic N) is 1. The summed E-state index contributed by atoms with van der Waals surface area (Å²) in [6.45, 7) is 0. The number of hydrogen-bond donors (Lipinski definition) is 2. The Morgan fingerprint density at radius 3 is 2.58 bits per heavy atom.